The number of carbonyl (C=O) groups is 3. The Balaban J connectivity index is 2.37. The van der Waals surface area contributed by atoms with Gasteiger partial charge in [-0.3, -0.25) is 9.59 Å². The molecule has 124 valence electrons. The van der Waals surface area contributed by atoms with Crippen LogP contribution in [0.15, 0.2) is 24.3 Å². The van der Waals surface area contributed by atoms with Gasteiger partial charge in [0.1, 0.15) is 5.69 Å². The number of hydrogen-bond acceptors (Lipinski definition) is 4. The molecule has 5 nitrogen and oxygen atoms in total. The first-order chi connectivity index (χ1) is 11.4. The van der Waals surface area contributed by atoms with E-state index in [2.05, 4.69) is 0 Å². The Morgan fingerprint density at radius 1 is 1.12 bits per heavy atom. The van der Waals surface area contributed by atoms with Crippen LogP contribution in [0.1, 0.15) is 74.8 Å². The molecule has 1 aromatic carbocycles. The van der Waals surface area contributed by atoms with Crippen molar-refractivity contribution in [3.63, 3.8) is 0 Å². The smallest absolute Gasteiger partial charge is 0.340 e. The molecule has 1 aromatic heterocycles. The molecular formula is C19H19NO4. The molecular weight excluding hydrogens is 306 g/mol. The van der Waals surface area contributed by atoms with Gasteiger partial charge in [0.2, 0.25) is 5.78 Å². The molecule has 0 radical (unpaired) electrons. The van der Waals surface area contributed by atoms with Crippen molar-refractivity contribution in [1.29, 1.82) is 0 Å². The quantitative estimate of drug-likeness (QED) is 0.693. The van der Waals surface area contributed by atoms with Gasteiger partial charge in [0.25, 0.3) is 0 Å². The lowest BCUT2D eigenvalue weighted by atomic mass is 9.86. The summed E-state index contributed by atoms with van der Waals surface area (Å²) >= 11 is 0. The number of ether oxygens (including phenoxy) is 1. The molecule has 1 aliphatic rings. The third kappa shape index (κ3) is 2.12. The molecule has 0 bridgehead atoms. The molecule has 0 spiro atoms. The zero-order chi connectivity index (χ0) is 17.6. The maximum Gasteiger partial charge on any atom is 0.340 e. The number of aromatic nitrogens is 1. The number of benzene rings is 1. The Bertz CT molecular complexity index is 874. The normalized spacial score (nSPS) is 13.0. The lowest BCUT2D eigenvalue weighted by molar-refractivity contribution is 0.0522. The molecule has 1 aliphatic carbocycles. The van der Waals surface area contributed by atoms with Crippen LogP contribution < -0.4 is 0 Å². The SMILES string of the molecule is CCOC(=O)c1c2c(n(C(C)C)c1C)C(=O)c1ccccc1C2=O. The third-order valence-electron chi connectivity index (χ3n) is 4.31. The van der Waals surface area contributed by atoms with Gasteiger partial charge in [0, 0.05) is 22.9 Å². The van der Waals surface area contributed by atoms with Crippen LogP contribution in [0.25, 0.3) is 0 Å². The van der Waals surface area contributed by atoms with Gasteiger partial charge in [0.15, 0.2) is 5.78 Å². The Morgan fingerprint density at radius 2 is 1.71 bits per heavy atom. The van der Waals surface area contributed by atoms with Gasteiger partial charge in [0.05, 0.1) is 17.7 Å². The van der Waals surface area contributed by atoms with Crippen molar-refractivity contribution in [3.05, 3.63) is 57.9 Å². The minimum atomic E-state index is -0.564. The third-order valence-corrected chi connectivity index (χ3v) is 4.31. The van der Waals surface area contributed by atoms with Crippen LogP contribution in [-0.2, 0) is 4.74 Å². The van der Waals surface area contributed by atoms with E-state index in [0.717, 1.165) is 0 Å². The van der Waals surface area contributed by atoms with Crippen LogP contribution in [0.2, 0.25) is 0 Å². The van der Waals surface area contributed by atoms with E-state index in [0.29, 0.717) is 16.8 Å². The summed E-state index contributed by atoms with van der Waals surface area (Å²) in [5.74, 6) is -1.09. The molecule has 1 heterocycles. The summed E-state index contributed by atoms with van der Waals surface area (Å²) in [4.78, 5) is 38.4. The van der Waals surface area contributed by atoms with Crippen molar-refractivity contribution in [2.45, 2.75) is 33.7 Å². The monoisotopic (exact) mass is 325 g/mol. The average molecular weight is 325 g/mol. The number of hydrogen-bond donors (Lipinski definition) is 0. The topological polar surface area (TPSA) is 65.4 Å². The predicted octanol–water partition coefficient (Wildman–Crippen LogP) is 3.33. The van der Waals surface area contributed by atoms with Gasteiger partial charge >= 0.3 is 5.97 Å². The molecule has 24 heavy (non-hydrogen) atoms. The molecule has 0 amide bonds. The number of rotatable bonds is 3. The standard InChI is InChI=1S/C19H19NO4/c1-5-24-19(23)14-11(4)20(10(2)3)16-15(14)17(21)12-8-6-7-9-13(12)18(16)22/h6-10H,5H2,1-4H3. The predicted molar refractivity (Wildman–Crippen MR) is 88.8 cm³/mol. The maximum atomic E-state index is 13.0. The van der Waals surface area contributed by atoms with E-state index in [9.17, 15) is 14.4 Å². The molecule has 0 atom stereocenters. The molecule has 0 aliphatic heterocycles. The van der Waals surface area contributed by atoms with Crippen LogP contribution in [0.3, 0.4) is 0 Å². The zero-order valence-corrected chi connectivity index (χ0v) is 14.2. The van der Waals surface area contributed by atoms with E-state index in [1.54, 1.807) is 42.7 Å². The van der Waals surface area contributed by atoms with Crippen molar-refractivity contribution in [3.8, 4) is 0 Å². The highest BCUT2D eigenvalue weighted by atomic mass is 16.5. The molecule has 0 N–H and O–H groups in total. The average Bonchev–Trinajstić information content (AvgIpc) is 2.86. The first kappa shape index (κ1) is 16.2. The summed E-state index contributed by atoms with van der Waals surface area (Å²) in [7, 11) is 0. The van der Waals surface area contributed by atoms with Gasteiger partial charge in [-0.25, -0.2) is 4.79 Å². The fraction of sp³-hybridized carbons (Fsp3) is 0.316. The van der Waals surface area contributed by atoms with Gasteiger partial charge in [-0.1, -0.05) is 24.3 Å². The van der Waals surface area contributed by atoms with Gasteiger partial charge in [-0.15, -0.1) is 0 Å². The molecule has 0 saturated carbocycles. The Morgan fingerprint density at radius 3 is 2.25 bits per heavy atom. The lowest BCUT2D eigenvalue weighted by Crippen LogP contribution is -2.24. The lowest BCUT2D eigenvalue weighted by Gasteiger charge is -2.19. The second-order valence-electron chi connectivity index (χ2n) is 6.07. The summed E-state index contributed by atoms with van der Waals surface area (Å²) in [5, 5.41) is 0. The number of fused-ring (bicyclic) bond motifs is 2. The molecule has 0 unspecified atom stereocenters. The van der Waals surface area contributed by atoms with E-state index in [-0.39, 0.29) is 41.0 Å². The van der Waals surface area contributed by atoms with Crippen LogP contribution in [-0.4, -0.2) is 28.7 Å². The fourth-order valence-corrected chi connectivity index (χ4v) is 3.39. The van der Waals surface area contributed by atoms with Gasteiger partial charge < -0.3 is 9.30 Å². The first-order valence-corrected chi connectivity index (χ1v) is 8.00. The Labute approximate surface area is 140 Å². The highest BCUT2D eigenvalue weighted by Crippen LogP contribution is 2.35. The van der Waals surface area contributed by atoms with Gasteiger partial charge in [-0.2, -0.15) is 0 Å². The van der Waals surface area contributed by atoms with E-state index in [1.165, 1.54) is 0 Å². The van der Waals surface area contributed by atoms with E-state index >= 15 is 0 Å². The van der Waals surface area contributed by atoms with E-state index in [1.807, 2.05) is 13.8 Å². The van der Waals surface area contributed by atoms with Crippen LogP contribution in [0, 0.1) is 6.92 Å². The number of esters is 1. The van der Waals surface area contributed by atoms with Crippen molar-refractivity contribution in [1.82, 2.24) is 4.57 Å². The summed E-state index contributed by atoms with van der Waals surface area (Å²) in [6.45, 7) is 7.50. The van der Waals surface area contributed by atoms with Crippen LogP contribution >= 0.6 is 0 Å². The largest absolute Gasteiger partial charge is 0.462 e. The minimum absolute atomic E-state index is 0.0658. The van der Waals surface area contributed by atoms with Crippen LogP contribution in [0.5, 0.6) is 0 Å². The number of ketones is 2. The van der Waals surface area contributed by atoms with Crippen molar-refractivity contribution in [2.24, 2.45) is 0 Å². The fourth-order valence-electron chi connectivity index (χ4n) is 3.39. The first-order valence-electron chi connectivity index (χ1n) is 8.00. The Kier molecular flexibility index (Phi) is 3.87. The van der Waals surface area contributed by atoms with E-state index in [4.69, 9.17) is 4.74 Å². The Hall–Kier alpha value is -2.69. The minimum Gasteiger partial charge on any atom is -0.462 e. The highest BCUT2D eigenvalue weighted by molar-refractivity contribution is 6.30. The molecule has 2 aromatic rings. The van der Waals surface area contributed by atoms with Crippen molar-refractivity contribution >= 4 is 17.5 Å². The number of nitrogens with zero attached hydrogens (tertiary/aromatic N) is 1. The second kappa shape index (κ2) is 5.74. The molecule has 5 heteroatoms. The second-order valence-corrected chi connectivity index (χ2v) is 6.07. The molecule has 0 fully saturated rings. The zero-order valence-electron chi connectivity index (χ0n) is 14.2. The summed E-state index contributed by atoms with van der Waals surface area (Å²) in [6.07, 6.45) is 0. The number of carbonyl (C=O) groups excluding carboxylic acids is 3. The molecule has 3 rings (SSSR count). The molecule has 0 saturated heterocycles. The van der Waals surface area contributed by atoms with Crippen molar-refractivity contribution in [2.75, 3.05) is 6.61 Å². The van der Waals surface area contributed by atoms with Crippen LogP contribution in [0.4, 0.5) is 0 Å². The summed E-state index contributed by atoms with van der Waals surface area (Å²) in [6, 6.07) is 6.65. The van der Waals surface area contributed by atoms with Crippen molar-refractivity contribution < 1.29 is 19.1 Å². The summed E-state index contributed by atoms with van der Waals surface area (Å²) < 4.78 is 6.89. The van der Waals surface area contributed by atoms with E-state index < -0.39 is 5.97 Å². The highest BCUT2D eigenvalue weighted by Gasteiger charge is 2.39. The summed E-state index contributed by atoms with van der Waals surface area (Å²) in [5.41, 5.74) is 1.96. The maximum absolute atomic E-state index is 13.0. The van der Waals surface area contributed by atoms with Gasteiger partial charge in [-0.05, 0) is 27.7 Å².